The lowest BCUT2D eigenvalue weighted by molar-refractivity contribution is -0.118. The highest BCUT2D eigenvalue weighted by atomic mass is 79.9. The Bertz CT molecular complexity index is 1380. The van der Waals surface area contributed by atoms with Gasteiger partial charge in [0.1, 0.15) is 17.3 Å². The molecule has 0 aliphatic heterocycles. The van der Waals surface area contributed by atoms with Crippen LogP contribution in [0.5, 0.6) is 11.5 Å². The van der Waals surface area contributed by atoms with Gasteiger partial charge in [0.25, 0.3) is 5.91 Å². The van der Waals surface area contributed by atoms with Gasteiger partial charge in [-0.1, -0.05) is 27.7 Å². The maximum atomic E-state index is 13.8. The summed E-state index contributed by atoms with van der Waals surface area (Å²) in [6.07, 6.45) is 1.25. The molecule has 11 heteroatoms. The van der Waals surface area contributed by atoms with Crippen molar-refractivity contribution in [2.45, 2.75) is 5.16 Å². The number of aromatic nitrogens is 3. The number of benzene rings is 3. The normalized spacial score (nSPS) is 11.0. The van der Waals surface area contributed by atoms with Gasteiger partial charge in [0.05, 0.1) is 26.2 Å². The fourth-order valence-corrected chi connectivity index (χ4v) is 4.33. The Labute approximate surface area is 219 Å². The predicted octanol–water partition coefficient (Wildman–Crippen LogP) is 5.10. The van der Waals surface area contributed by atoms with Crippen LogP contribution < -0.4 is 14.9 Å². The number of ether oxygens (including phenoxy) is 2. The number of halogens is 2. The second kappa shape index (κ2) is 11.8. The average Bonchev–Trinajstić information content (AvgIpc) is 3.33. The first-order valence-electron chi connectivity index (χ1n) is 10.6. The highest BCUT2D eigenvalue weighted by Crippen LogP contribution is 2.29. The number of hydrogen-bond donors (Lipinski definition) is 1. The molecule has 1 amide bonds. The third-order valence-corrected chi connectivity index (χ3v) is 6.42. The predicted molar refractivity (Wildman–Crippen MR) is 140 cm³/mol. The molecule has 1 heterocycles. The van der Waals surface area contributed by atoms with Crippen LogP contribution in [-0.2, 0) is 4.79 Å². The molecule has 36 heavy (non-hydrogen) atoms. The lowest BCUT2D eigenvalue weighted by Gasteiger charge is -2.11. The molecule has 0 saturated carbocycles. The number of nitrogens with zero attached hydrogens (tertiary/aromatic N) is 4. The Morgan fingerprint density at radius 2 is 1.72 bits per heavy atom. The van der Waals surface area contributed by atoms with Crippen molar-refractivity contribution < 1.29 is 18.7 Å². The van der Waals surface area contributed by atoms with Gasteiger partial charge in [0, 0.05) is 21.3 Å². The number of nitrogens with one attached hydrogen (secondary N) is 1. The van der Waals surface area contributed by atoms with Crippen LogP contribution in [0.3, 0.4) is 0 Å². The largest absolute Gasteiger partial charge is 0.497 e. The van der Waals surface area contributed by atoms with Crippen molar-refractivity contribution in [3.8, 4) is 28.6 Å². The first-order valence-corrected chi connectivity index (χ1v) is 12.4. The van der Waals surface area contributed by atoms with Crippen molar-refractivity contribution in [2.75, 3.05) is 20.0 Å². The molecule has 3 aromatic carbocycles. The van der Waals surface area contributed by atoms with E-state index in [9.17, 15) is 9.18 Å². The minimum Gasteiger partial charge on any atom is -0.497 e. The molecule has 0 aliphatic rings. The SMILES string of the molecule is COc1ccc(-c2nnc(SCC(=O)N/N=C/c3cc(Br)ccc3F)n2-c2ccc(OC)cc2)cc1. The Hall–Kier alpha value is -3.70. The van der Waals surface area contributed by atoms with Crippen molar-refractivity contribution >= 4 is 39.8 Å². The Kier molecular flexibility index (Phi) is 8.34. The third kappa shape index (κ3) is 6.10. The molecule has 0 bridgehead atoms. The zero-order valence-corrected chi connectivity index (χ0v) is 21.7. The third-order valence-electron chi connectivity index (χ3n) is 5.00. The molecule has 0 saturated heterocycles. The molecule has 0 fully saturated rings. The minimum absolute atomic E-state index is 0.0230. The zero-order chi connectivity index (χ0) is 25.5. The van der Waals surface area contributed by atoms with Gasteiger partial charge in [0.2, 0.25) is 0 Å². The number of hydrazone groups is 1. The molecule has 4 rings (SSSR count). The van der Waals surface area contributed by atoms with Gasteiger partial charge >= 0.3 is 0 Å². The van der Waals surface area contributed by atoms with Gasteiger partial charge in [-0.25, -0.2) is 9.82 Å². The molecule has 0 aliphatic carbocycles. The lowest BCUT2D eigenvalue weighted by atomic mass is 10.2. The highest BCUT2D eigenvalue weighted by molar-refractivity contribution is 9.10. The maximum Gasteiger partial charge on any atom is 0.250 e. The summed E-state index contributed by atoms with van der Waals surface area (Å²) in [6.45, 7) is 0. The van der Waals surface area contributed by atoms with Crippen LogP contribution in [0, 0.1) is 5.82 Å². The minimum atomic E-state index is -0.441. The fourth-order valence-electron chi connectivity index (χ4n) is 3.20. The Morgan fingerprint density at radius 3 is 2.39 bits per heavy atom. The number of methoxy groups -OCH3 is 2. The molecule has 1 aromatic heterocycles. The molecule has 0 radical (unpaired) electrons. The van der Waals surface area contributed by atoms with Crippen LogP contribution in [0.15, 0.2) is 81.5 Å². The monoisotopic (exact) mass is 569 g/mol. The van der Waals surface area contributed by atoms with E-state index in [1.165, 1.54) is 24.0 Å². The fraction of sp³-hybridized carbons (Fsp3) is 0.120. The van der Waals surface area contributed by atoms with Gasteiger partial charge < -0.3 is 9.47 Å². The van der Waals surface area contributed by atoms with Crippen molar-refractivity contribution in [1.82, 2.24) is 20.2 Å². The van der Waals surface area contributed by atoms with Crippen molar-refractivity contribution in [2.24, 2.45) is 5.10 Å². The van der Waals surface area contributed by atoms with E-state index in [-0.39, 0.29) is 17.2 Å². The van der Waals surface area contributed by atoms with Crippen LogP contribution in [0.2, 0.25) is 0 Å². The smallest absolute Gasteiger partial charge is 0.250 e. The van der Waals surface area contributed by atoms with E-state index >= 15 is 0 Å². The Balaban J connectivity index is 1.53. The van der Waals surface area contributed by atoms with Gasteiger partial charge in [-0.3, -0.25) is 9.36 Å². The van der Waals surface area contributed by atoms with Gasteiger partial charge in [-0.15, -0.1) is 10.2 Å². The molecule has 184 valence electrons. The number of hydrogen-bond acceptors (Lipinski definition) is 7. The first-order chi connectivity index (χ1) is 17.5. The molecule has 0 atom stereocenters. The second-order valence-electron chi connectivity index (χ2n) is 7.32. The van der Waals surface area contributed by atoms with Crippen LogP contribution >= 0.6 is 27.7 Å². The molecule has 0 spiro atoms. The second-order valence-corrected chi connectivity index (χ2v) is 9.17. The van der Waals surface area contributed by atoms with Crippen molar-refractivity contribution in [3.05, 3.63) is 82.6 Å². The van der Waals surface area contributed by atoms with E-state index in [1.807, 2.05) is 53.1 Å². The molecule has 4 aromatic rings. The summed E-state index contributed by atoms with van der Waals surface area (Å²) in [6, 6.07) is 19.4. The quantitative estimate of drug-likeness (QED) is 0.171. The summed E-state index contributed by atoms with van der Waals surface area (Å²) in [5, 5.41) is 13.1. The number of carbonyl (C=O) groups excluding carboxylic acids is 1. The van der Waals surface area contributed by atoms with E-state index in [0.717, 1.165) is 17.0 Å². The molecular formula is C25H21BrFN5O3S. The molecule has 8 nitrogen and oxygen atoms in total. The summed E-state index contributed by atoms with van der Waals surface area (Å²) in [7, 11) is 3.21. The van der Waals surface area contributed by atoms with E-state index in [1.54, 1.807) is 26.4 Å². The van der Waals surface area contributed by atoms with E-state index in [0.29, 0.717) is 21.2 Å². The van der Waals surface area contributed by atoms with Crippen molar-refractivity contribution in [1.29, 1.82) is 0 Å². The summed E-state index contributed by atoms with van der Waals surface area (Å²) >= 11 is 4.48. The first kappa shape index (κ1) is 25.4. The number of thioether (sulfide) groups is 1. The molecule has 0 unspecified atom stereocenters. The number of carbonyl (C=O) groups is 1. The van der Waals surface area contributed by atoms with Crippen molar-refractivity contribution in [3.63, 3.8) is 0 Å². The van der Waals surface area contributed by atoms with Crippen LogP contribution in [0.25, 0.3) is 17.1 Å². The van der Waals surface area contributed by atoms with E-state index in [4.69, 9.17) is 9.47 Å². The molecular weight excluding hydrogens is 549 g/mol. The lowest BCUT2D eigenvalue weighted by Crippen LogP contribution is -2.20. The summed E-state index contributed by atoms with van der Waals surface area (Å²) in [5.74, 6) is 1.25. The highest BCUT2D eigenvalue weighted by Gasteiger charge is 2.17. The standard InChI is InChI=1S/C25H21BrFN5O3S/c1-34-20-8-3-16(4-9-20)24-30-31-25(32(24)19-6-10-21(35-2)11-7-19)36-15-23(33)29-28-14-17-13-18(26)5-12-22(17)27/h3-14H,15H2,1-2H3,(H,29,33)/b28-14+. The topological polar surface area (TPSA) is 90.6 Å². The van der Waals surface area contributed by atoms with Crippen LogP contribution in [0.1, 0.15) is 5.56 Å². The van der Waals surface area contributed by atoms with Gasteiger partial charge in [-0.05, 0) is 66.7 Å². The van der Waals surface area contributed by atoms with E-state index in [2.05, 4.69) is 36.7 Å². The summed E-state index contributed by atoms with van der Waals surface area (Å²) in [5.41, 5.74) is 4.30. The molecule has 1 N–H and O–H groups in total. The van der Waals surface area contributed by atoms with Gasteiger partial charge in [0.15, 0.2) is 11.0 Å². The summed E-state index contributed by atoms with van der Waals surface area (Å²) in [4.78, 5) is 12.4. The average molecular weight is 570 g/mol. The van der Waals surface area contributed by atoms with E-state index < -0.39 is 5.82 Å². The number of rotatable bonds is 9. The Morgan fingerprint density at radius 1 is 1.06 bits per heavy atom. The maximum absolute atomic E-state index is 13.8. The van der Waals surface area contributed by atoms with Crippen LogP contribution in [-0.4, -0.2) is 46.9 Å². The summed E-state index contributed by atoms with van der Waals surface area (Å²) < 4.78 is 26.9. The van der Waals surface area contributed by atoms with Gasteiger partial charge in [-0.2, -0.15) is 5.10 Å². The zero-order valence-electron chi connectivity index (χ0n) is 19.3. The van der Waals surface area contributed by atoms with Crippen LogP contribution in [0.4, 0.5) is 4.39 Å². The number of amides is 1.